The van der Waals surface area contributed by atoms with Gasteiger partial charge in [-0.3, -0.25) is 4.79 Å². The number of rotatable bonds is 5. The van der Waals surface area contributed by atoms with Gasteiger partial charge in [0.05, 0.1) is 12.8 Å². The van der Waals surface area contributed by atoms with Crippen molar-refractivity contribution in [1.82, 2.24) is 0 Å². The van der Waals surface area contributed by atoms with Crippen molar-refractivity contribution in [2.24, 2.45) is 17.2 Å². The Labute approximate surface area is 92.5 Å². The fourth-order valence-electron chi connectivity index (χ4n) is 0.958. The van der Waals surface area contributed by atoms with Gasteiger partial charge < -0.3 is 27.0 Å². The smallest absolute Gasteiger partial charge is 0.320 e. The number of methoxy groups -OCH3 is 1. The minimum atomic E-state index is -1.23. The Morgan fingerprint density at radius 3 is 2.31 bits per heavy atom. The molecule has 0 radical (unpaired) electrons. The van der Waals surface area contributed by atoms with Crippen LogP contribution in [-0.4, -0.2) is 24.2 Å². The maximum Gasteiger partial charge on any atom is 0.320 e. The third kappa shape index (κ3) is 3.77. The average molecular weight is 233 g/mol. The summed E-state index contributed by atoms with van der Waals surface area (Å²) in [5, 5.41) is 8.56. The van der Waals surface area contributed by atoms with Crippen LogP contribution in [0.1, 0.15) is 13.3 Å². The molecule has 0 aromatic heterocycles. The highest BCUT2D eigenvalue weighted by atomic mass is 19.1. The van der Waals surface area contributed by atoms with Crippen LogP contribution in [0.15, 0.2) is 23.0 Å². The molecule has 1 atom stereocenters. The summed E-state index contributed by atoms with van der Waals surface area (Å²) in [6, 6.07) is -1.21. The molecule has 0 aromatic carbocycles. The fraction of sp³-hybridized carbons (Fsp3) is 0.444. The third-order valence-electron chi connectivity index (χ3n) is 1.80. The summed E-state index contributed by atoms with van der Waals surface area (Å²) in [6.07, 6.45) is -0.223. The van der Waals surface area contributed by atoms with E-state index in [0.717, 1.165) is 0 Å². The fourth-order valence-corrected chi connectivity index (χ4v) is 0.958. The van der Waals surface area contributed by atoms with E-state index in [-0.39, 0.29) is 23.6 Å². The normalized spacial score (nSPS) is 16.0. The summed E-state index contributed by atoms with van der Waals surface area (Å²) >= 11 is 0. The molecule has 0 amide bonds. The second kappa shape index (κ2) is 5.96. The number of aliphatic carboxylic acids is 1. The maximum atomic E-state index is 13.4. The number of carboxylic acid groups (broad SMARTS) is 1. The lowest BCUT2D eigenvalue weighted by Crippen LogP contribution is -2.32. The first-order chi connectivity index (χ1) is 7.31. The summed E-state index contributed by atoms with van der Waals surface area (Å²) in [4.78, 5) is 10.5. The summed E-state index contributed by atoms with van der Waals surface area (Å²) in [5.41, 5.74) is 15.8. The van der Waals surface area contributed by atoms with Gasteiger partial charge in [-0.25, -0.2) is 4.39 Å². The zero-order chi connectivity index (χ0) is 12.9. The number of carbonyl (C=O) groups is 1. The van der Waals surface area contributed by atoms with Crippen molar-refractivity contribution in [1.29, 1.82) is 0 Å². The van der Waals surface area contributed by atoms with Crippen LogP contribution >= 0.6 is 0 Å². The SMILES string of the molecule is COC(=C(/N)CC(N)C(=O)O)/C(F)=C(/C)N. The molecule has 6 nitrogen and oxygen atoms in total. The number of ether oxygens (including phenoxy) is 1. The minimum Gasteiger partial charge on any atom is -0.492 e. The van der Waals surface area contributed by atoms with Crippen LogP contribution in [-0.2, 0) is 9.53 Å². The monoisotopic (exact) mass is 233 g/mol. The van der Waals surface area contributed by atoms with Crippen molar-refractivity contribution >= 4 is 5.97 Å². The Morgan fingerprint density at radius 1 is 1.50 bits per heavy atom. The van der Waals surface area contributed by atoms with E-state index in [2.05, 4.69) is 0 Å². The van der Waals surface area contributed by atoms with Gasteiger partial charge in [0.2, 0.25) is 0 Å². The standard InChI is InChI=1S/C9H16FN3O3/c1-4(11)7(10)8(16-2)5(12)3-6(13)9(14)15/h6H,3,11-13H2,1-2H3,(H,14,15)/b7-4+,8-5+. The molecular weight excluding hydrogens is 217 g/mol. The average Bonchev–Trinajstić information content (AvgIpc) is 2.18. The van der Waals surface area contributed by atoms with Crippen LogP contribution in [0, 0.1) is 0 Å². The molecule has 0 bridgehead atoms. The lowest BCUT2D eigenvalue weighted by molar-refractivity contribution is -0.138. The van der Waals surface area contributed by atoms with E-state index in [0.29, 0.717) is 0 Å². The van der Waals surface area contributed by atoms with Gasteiger partial charge in [0.1, 0.15) is 6.04 Å². The molecule has 0 aliphatic rings. The first kappa shape index (κ1) is 14.2. The van der Waals surface area contributed by atoms with Crippen LogP contribution in [0.2, 0.25) is 0 Å². The van der Waals surface area contributed by atoms with Gasteiger partial charge in [0.25, 0.3) is 0 Å². The Hall–Kier alpha value is -1.76. The molecule has 0 heterocycles. The number of nitrogens with two attached hydrogens (primary N) is 3. The van der Waals surface area contributed by atoms with E-state index in [1.54, 1.807) is 0 Å². The summed E-state index contributed by atoms with van der Waals surface area (Å²) in [5.74, 6) is -2.33. The quantitative estimate of drug-likeness (QED) is 0.384. The van der Waals surface area contributed by atoms with E-state index in [1.165, 1.54) is 14.0 Å². The lowest BCUT2D eigenvalue weighted by Gasteiger charge is -2.12. The zero-order valence-corrected chi connectivity index (χ0v) is 9.16. The highest BCUT2D eigenvalue weighted by Crippen LogP contribution is 2.18. The van der Waals surface area contributed by atoms with Gasteiger partial charge >= 0.3 is 5.97 Å². The minimum absolute atomic E-state index is 0.0975. The molecule has 92 valence electrons. The Balaban J connectivity index is 5.04. The number of halogens is 1. The van der Waals surface area contributed by atoms with Crippen molar-refractivity contribution in [2.45, 2.75) is 19.4 Å². The molecule has 0 saturated heterocycles. The third-order valence-corrected chi connectivity index (χ3v) is 1.80. The molecule has 7 heteroatoms. The van der Waals surface area contributed by atoms with Gasteiger partial charge in [0, 0.05) is 12.1 Å². The van der Waals surface area contributed by atoms with E-state index < -0.39 is 17.8 Å². The van der Waals surface area contributed by atoms with E-state index >= 15 is 0 Å². The molecule has 0 spiro atoms. The zero-order valence-electron chi connectivity index (χ0n) is 9.16. The second-order valence-electron chi connectivity index (χ2n) is 3.20. The molecule has 0 rings (SSSR count). The van der Waals surface area contributed by atoms with Crippen LogP contribution < -0.4 is 17.2 Å². The molecular formula is C9H16FN3O3. The molecule has 7 N–H and O–H groups in total. The Kier molecular flexibility index (Phi) is 5.31. The van der Waals surface area contributed by atoms with Crippen LogP contribution in [0.25, 0.3) is 0 Å². The molecule has 0 aliphatic heterocycles. The largest absolute Gasteiger partial charge is 0.492 e. The van der Waals surface area contributed by atoms with E-state index in [1.807, 2.05) is 0 Å². The van der Waals surface area contributed by atoms with E-state index in [4.69, 9.17) is 27.0 Å². The molecule has 0 aliphatic carbocycles. The maximum absolute atomic E-state index is 13.4. The predicted molar refractivity (Wildman–Crippen MR) is 56.4 cm³/mol. The molecule has 0 fully saturated rings. The molecule has 0 saturated carbocycles. The number of hydrogen-bond acceptors (Lipinski definition) is 5. The van der Waals surface area contributed by atoms with Gasteiger partial charge in [-0.15, -0.1) is 0 Å². The van der Waals surface area contributed by atoms with Crippen LogP contribution in [0.4, 0.5) is 4.39 Å². The van der Waals surface area contributed by atoms with Crippen molar-refractivity contribution in [3.05, 3.63) is 23.0 Å². The van der Waals surface area contributed by atoms with Crippen molar-refractivity contribution < 1.29 is 19.0 Å². The van der Waals surface area contributed by atoms with Gasteiger partial charge in [0.15, 0.2) is 11.6 Å². The topological polar surface area (TPSA) is 125 Å². The van der Waals surface area contributed by atoms with Gasteiger partial charge in [-0.1, -0.05) is 0 Å². The summed E-state index contributed by atoms with van der Waals surface area (Å²) in [6.45, 7) is 1.33. The Morgan fingerprint density at radius 2 is 2.00 bits per heavy atom. The second-order valence-corrected chi connectivity index (χ2v) is 3.20. The number of carboxylic acids is 1. The Bertz CT molecular complexity index is 335. The molecule has 16 heavy (non-hydrogen) atoms. The van der Waals surface area contributed by atoms with Crippen LogP contribution in [0.3, 0.4) is 0 Å². The van der Waals surface area contributed by atoms with Crippen LogP contribution in [0.5, 0.6) is 0 Å². The number of allylic oxidation sites excluding steroid dienone is 2. The van der Waals surface area contributed by atoms with Gasteiger partial charge in [-0.2, -0.15) is 0 Å². The van der Waals surface area contributed by atoms with E-state index in [9.17, 15) is 9.18 Å². The van der Waals surface area contributed by atoms with Crippen molar-refractivity contribution in [3.63, 3.8) is 0 Å². The summed E-state index contributed by atoms with van der Waals surface area (Å²) < 4.78 is 18.1. The first-order valence-electron chi connectivity index (χ1n) is 4.44. The predicted octanol–water partition coefficient (Wildman–Crippen LogP) is -0.235. The molecule has 1 unspecified atom stereocenters. The number of hydrogen-bond donors (Lipinski definition) is 4. The van der Waals surface area contributed by atoms with Crippen molar-refractivity contribution in [2.75, 3.05) is 7.11 Å². The van der Waals surface area contributed by atoms with Gasteiger partial charge in [-0.05, 0) is 6.92 Å². The summed E-state index contributed by atoms with van der Waals surface area (Å²) in [7, 11) is 1.21. The first-order valence-corrected chi connectivity index (χ1v) is 4.44. The van der Waals surface area contributed by atoms with Crippen molar-refractivity contribution in [3.8, 4) is 0 Å². The highest BCUT2D eigenvalue weighted by Gasteiger charge is 2.18. The lowest BCUT2D eigenvalue weighted by atomic mass is 10.1. The highest BCUT2D eigenvalue weighted by molar-refractivity contribution is 5.73. The molecule has 0 aromatic rings.